The van der Waals surface area contributed by atoms with E-state index in [1.54, 1.807) is 12.1 Å². The summed E-state index contributed by atoms with van der Waals surface area (Å²) < 4.78 is 5.50. The number of nitrogen functional groups attached to an aromatic ring is 1. The molecule has 1 aliphatic rings. The maximum atomic E-state index is 11.1. The van der Waals surface area contributed by atoms with Gasteiger partial charge in [-0.15, -0.1) is 0 Å². The number of hydrogen-bond donors (Lipinski definition) is 3. The lowest BCUT2D eigenvalue weighted by molar-refractivity contribution is 0.100. The molecule has 5 nitrogen and oxygen atoms in total. The summed E-state index contributed by atoms with van der Waals surface area (Å²) in [6.45, 7) is 1.52. The highest BCUT2D eigenvalue weighted by Gasteiger charge is 2.16. The summed E-state index contributed by atoms with van der Waals surface area (Å²) in [5.41, 5.74) is 12.6. The SMILES string of the molecule is NC(=O)c1cccc(NCC2CCCO2)c1N. The molecule has 1 fully saturated rings. The third-order valence-corrected chi connectivity index (χ3v) is 2.92. The Morgan fingerprint density at radius 3 is 3.00 bits per heavy atom. The molecule has 1 atom stereocenters. The van der Waals surface area contributed by atoms with E-state index in [4.69, 9.17) is 16.2 Å². The van der Waals surface area contributed by atoms with Crippen molar-refractivity contribution < 1.29 is 9.53 Å². The predicted octanol–water partition coefficient (Wildman–Crippen LogP) is 0.959. The van der Waals surface area contributed by atoms with Crippen LogP contribution in [-0.4, -0.2) is 25.2 Å². The Hall–Kier alpha value is -1.75. The van der Waals surface area contributed by atoms with Gasteiger partial charge in [0, 0.05) is 13.2 Å². The van der Waals surface area contributed by atoms with Gasteiger partial charge in [0.05, 0.1) is 23.0 Å². The Labute approximate surface area is 100 Å². The number of nitrogens with one attached hydrogen (secondary N) is 1. The fourth-order valence-corrected chi connectivity index (χ4v) is 1.96. The molecule has 17 heavy (non-hydrogen) atoms. The second-order valence-electron chi connectivity index (χ2n) is 4.15. The maximum absolute atomic E-state index is 11.1. The van der Waals surface area contributed by atoms with Crippen LogP contribution >= 0.6 is 0 Å². The van der Waals surface area contributed by atoms with Crippen LogP contribution < -0.4 is 16.8 Å². The van der Waals surface area contributed by atoms with Crippen molar-refractivity contribution in [3.63, 3.8) is 0 Å². The summed E-state index contributed by atoms with van der Waals surface area (Å²) in [7, 11) is 0. The Kier molecular flexibility index (Phi) is 3.49. The fraction of sp³-hybridized carbons (Fsp3) is 0.417. The average Bonchev–Trinajstić information content (AvgIpc) is 2.80. The third kappa shape index (κ3) is 2.68. The number of carbonyl (C=O) groups is 1. The number of para-hydroxylation sites is 1. The fourth-order valence-electron chi connectivity index (χ4n) is 1.96. The summed E-state index contributed by atoms with van der Waals surface area (Å²) in [6.07, 6.45) is 2.39. The van der Waals surface area contributed by atoms with Crippen LogP contribution in [-0.2, 0) is 4.74 Å². The lowest BCUT2D eigenvalue weighted by atomic mass is 10.1. The molecule has 1 heterocycles. The first kappa shape index (κ1) is 11.7. The number of benzene rings is 1. The molecule has 0 saturated carbocycles. The lowest BCUT2D eigenvalue weighted by Gasteiger charge is -2.14. The van der Waals surface area contributed by atoms with E-state index >= 15 is 0 Å². The van der Waals surface area contributed by atoms with Gasteiger partial charge in [-0.2, -0.15) is 0 Å². The Bertz CT molecular complexity index is 414. The zero-order valence-electron chi connectivity index (χ0n) is 9.61. The van der Waals surface area contributed by atoms with Crippen molar-refractivity contribution in [2.24, 2.45) is 5.73 Å². The highest BCUT2D eigenvalue weighted by atomic mass is 16.5. The second-order valence-corrected chi connectivity index (χ2v) is 4.15. The molecule has 0 spiro atoms. The van der Waals surface area contributed by atoms with E-state index in [-0.39, 0.29) is 6.10 Å². The first-order valence-corrected chi connectivity index (χ1v) is 5.72. The van der Waals surface area contributed by atoms with Crippen LogP contribution in [0.5, 0.6) is 0 Å². The van der Waals surface area contributed by atoms with Gasteiger partial charge < -0.3 is 21.5 Å². The van der Waals surface area contributed by atoms with E-state index in [9.17, 15) is 4.79 Å². The molecule has 1 aliphatic heterocycles. The van der Waals surface area contributed by atoms with Gasteiger partial charge in [0.15, 0.2) is 0 Å². The van der Waals surface area contributed by atoms with Crippen molar-refractivity contribution in [3.05, 3.63) is 23.8 Å². The van der Waals surface area contributed by atoms with Crippen molar-refractivity contribution in [2.45, 2.75) is 18.9 Å². The molecule has 1 unspecified atom stereocenters. The summed E-state index contributed by atoms with van der Waals surface area (Å²) in [4.78, 5) is 11.1. The van der Waals surface area contributed by atoms with Crippen LogP contribution in [0.25, 0.3) is 0 Å². The van der Waals surface area contributed by atoms with Crippen LogP contribution in [0.1, 0.15) is 23.2 Å². The van der Waals surface area contributed by atoms with Crippen LogP contribution in [0, 0.1) is 0 Å². The predicted molar refractivity (Wildman–Crippen MR) is 66.8 cm³/mol. The molecular formula is C12H17N3O2. The van der Waals surface area contributed by atoms with E-state index in [0.29, 0.717) is 17.8 Å². The quantitative estimate of drug-likeness (QED) is 0.678. The molecule has 92 valence electrons. The van der Waals surface area contributed by atoms with Crippen LogP contribution in [0.3, 0.4) is 0 Å². The molecule has 0 radical (unpaired) electrons. The van der Waals surface area contributed by atoms with Gasteiger partial charge >= 0.3 is 0 Å². The number of amides is 1. The summed E-state index contributed by atoms with van der Waals surface area (Å²) in [5.74, 6) is -0.511. The molecule has 1 amide bonds. The molecule has 0 bridgehead atoms. The number of rotatable bonds is 4. The van der Waals surface area contributed by atoms with Crippen molar-refractivity contribution in [2.75, 3.05) is 24.2 Å². The van der Waals surface area contributed by atoms with Gasteiger partial charge in [-0.05, 0) is 25.0 Å². The van der Waals surface area contributed by atoms with Crippen molar-refractivity contribution in [1.29, 1.82) is 0 Å². The minimum Gasteiger partial charge on any atom is -0.396 e. The first-order chi connectivity index (χ1) is 8.18. The third-order valence-electron chi connectivity index (χ3n) is 2.92. The smallest absolute Gasteiger partial charge is 0.250 e. The Balaban J connectivity index is 2.04. The summed E-state index contributed by atoms with van der Waals surface area (Å²) in [6, 6.07) is 5.21. The number of primary amides is 1. The normalized spacial score (nSPS) is 19.2. The van der Waals surface area contributed by atoms with Gasteiger partial charge in [-0.1, -0.05) is 6.07 Å². The van der Waals surface area contributed by atoms with Crippen molar-refractivity contribution >= 4 is 17.3 Å². The number of ether oxygens (including phenoxy) is 1. The number of nitrogens with two attached hydrogens (primary N) is 2. The van der Waals surface area contributed by atoms with E-state index in [2.05, 4.69) is 5.32 Å². The van der Waals surface area contributed by atoms with Gasteiger partial charge in [0.2, 0.25) is 0 Å². The standard InChI is InChI=1S/C12H17N3O2/c13-11-9(12(14)16)4-1-5-10(11)15-7-8-3-2-6-17-8/h1,4-5,8,15H,2-3,6-7,13H2,(H2,14,16). The molecule has 0 aliphatic carbocycles. The largest absolute Gasteiger partial charge is 0.396 e. The molecule has 5 N–H and O–H groups in total. The molecule has 0 aromatic heterocycles. The van der Waals surface area contributed by atoms with E-state index in [0.717, 1.165) is 25.1 Å². The van der Waals surface area contributed by atoms with Gasteiger partial charge in [-0.25, -0.2) is 0 Å². The van der Waals surface area contributed by atoms with E-state index in [1.165, 1.54) is 0 Å². The number of anilines is 2. The van der Waals surface area contributed by atoms with Gasteiger partial charge in [0.1, 0.15) is 0 Å². The molecular weight excluding hydrogens is 218 g/mol. The van der Waals surface area contributed by atoms with E-state index < -0.39 is 5.91 Å². The summed E-state index contributed by atoms with van der Waals surface area (Å²) >= 11 is 0. The first-order valence-electron chi connectivity index (χ1n) is 5.72. The minimum atomic E-state index is -0.511. The molecule has 2 rings (SSSR count). The molecule has 1 aromatic carbocycles. The topological polar surface area (TPSA) is 90.4 Å². The van der Waals surface area contributed by atoms with Crippen molar-refractivity contribution in [1.82, 2.24) is 0 Å². The van der Waals surface area contributed by atoms with Crippen molar-refractivity contribution in [3.8, 4) is 0 Å². The zero-order valence-corrected chi connectivity index (χ0v) is 9.61. The zero-order chi connectivity index (χ0) is 12.3. The monoisotopic (exact) mass is 235 g/mol. The average molecular weight is 235 g/mol. The number of carbonyl (C=O) groups excluding carboxylic acids is 1. The van der Waals surface area contributed by atoms with Crippen LogP contribution in [0.15, 0.2) is 18.2 Å². The Morgan fingerprint density at radius 1 is 1.53 bits per heavy atom. The summed E-state index contributed by atoms with van der Waals surface area (Å²) in [5, 5.41) is 3.19. The lowest BCUT2D eigenvalue weighted by Crippen LogP contribution is -2.20. The van der Waals surface area contributed by atoms with Crippen LogP contribution in [0.4, 0.5) is 11.4 Å². The minimum absolute atomic E-state index is 0.228. The molecule has 1 aromatic rings. The van der Waals surface area contributed by atoms with Gasteiger partial charge in [-0.3, -0.25) is 4.79 Å². The second kappa shape index (κ2) is 5.05. The highest BCUT2D eigenvalue weighted by Crippen LogP contribution is 2.23. The van der Waals surface area contributed by atoms with E-state index in [1.807, 2.05) is 6.07 Å². The Morgan fingerprint density at radius 2 is 2.35 bits per heavy atom. The molecule has 5 heteroatoms. The van der Waals surface area contributed by atoms with Crippen LogP contribution in [0.2, 0.25) is 0 Å². The molecule has 1 saturated heterocycles. The number of hydrogen-bond acceptors (Lipinski definition) is 4. The highest BCUT2D eigenvalue weighted by molar-refractivity contribution is 6.00. The maximum Gasteiger partial charge on any atom is 0.250 e. The van der Waals surface area contributed by atoms with Gasteiger partial charge in [0.25, 0.3) is 5.91 Å².